The molecule has 4 rings (SSSR count). The molecular weight excluding hydrogens is 296 g/mol. The highest BCUT2D eigenvalue weighted by Gasteiger charge is 2.26. The monoisotopic (exact) mass is 318 g/mol. The summed E-state index contributed by atoms with van der Waals surface area (Å²) in [5, 5.41) is 3.29. The Balaban J connectivity index is 1.65. The average Bonchev–Trinajstić information content (AvgIpc) is 3.26. The highest BCUT2D eigenvalue weighted by Crippen LogP contribution is 2.28. The molecular formula is C17H22N2O2S. The Hall–Kier alpha value is -1.33. The topological polar surface area (TPSA) is 34.5 Å². The second-order valence-electron chi connectivity index (χ2n) is 6.31. The molecule has 1 amide bonds. The van der Waals surface area contributed by atoms with E-state index >= 15 is 0 Å². The van der Waals surface area contributed by atoms with E-state index in [1.54, 1.807) is 11.3 Å². The van der Waals surface area contributed by atoms with Crippen molar-refractivity contribution < 1.29 is 9.53 Å². The Labute approximate surface area is 134 Å². The van der Waals surface area contributed by atoms with Crippen LogP contribution in [0.4, 0.5) is 0 Å². The van der Waals surface area contributed by atoms with Crippen molar-refractivity contribution in [2.75, 3.05) is 19.7 Å². The molecule has 0 saturated carbocycles. The minimum atomic E-state index is 0.191. The first kappa shape index (κ1) is 14.3. The van der Waals surface area contributed by atoms with Gasteiger partial charge in [0, 0.05) is 25.1 Å². The van der Waals surface area contributed by atoms with Crippen molar-refractivity contribution in [3.63, 3.8) is 0 Å². The molecule has 2 aliphatic rings. The highest BCUT2D eigenvalue weighted by molar-refractivity contribution is 7.16. The van der Waals surface area contributed by atoms with Gasteiger partial charge in [-0.3, -0.25) is 4.79 Å². The van der Waals surface area contributed by atoms with Gasteiger partial charge in [0.05, 0.1) is 12.6 Å². The molecule has 1 atom stereocenters. The molecule has 118 valence electrons. The maximum atomic E-state index is 12.8. The molecule has 2 aliphatic heterocycles. The lowest BCUT2D eigenvalue weighted by Gasteiger charge is -2.25. The van der Waals surface area contributed by atoms with Gasteiger partial charge in [0.2, 0.25) is 0 Å². The van der Waals surface area contributed by atoms with Gasteiger partial charge < -0.3 is 14.2 Å². The van der Waals surface area contributed by atoms with E-state index in [1.165, 1.54) is 16.6 Å². The molecule has 2 aromatic rings. The lowest BCUT2D eigenvalue weighted by atomic mass is 10.1. The quantitative estimate of drug-likeness (QED) is 0.868. The standard InChI is InChI=1S/C17H22N2O2S/c20-16(18-7-2-3-8-18)15-11-13-6-10-22-17(13)19(15)12-14-5-1-4-9-21-14/h6,10-11,14H,1-5,7-9,12H2/t14-/m0/s1. The molecule has 0 spiro atoms. The van der Waals surface area contributed by atoms with Gasteiger partial charge in [0.1, 0.15) is 10.5 Å². The average molecular weight is 318 g/mol. The second-order valence-corrected chi connectivity index (χ2v) is 7.20. The summed E-state index contributed by atoms with van der Waals surface area (Å²) >= 11 is 1.72. The van der Waals surface area contributed by atoms with Gasteiger partial charge in [-0.1, -0.05) is 0 Å². The molecule has 0 unspecified atom stereocenters. The van der Waals surface area contributed by atoms with E-state index in [9.17, 15) is 4.79 Å². The van der Waals surface area contributed by atoms with E-state index in [0.717, 1.165) is 57.6 Å². The van der Waals surface area contributed by atoms with Gasteiger partial charge in [-0.05, 0) is 49.6 Å². The van der Waals surface area contributed by atoms with Gasteiger partial charge in [-0.25, -0.2) is 0 Å². The number of carbonyl (C=O) groups is 1. The summed E-state index contributed by atoms with van der Waals surface area (Å²) in [4.78, 5) is 16.0. The van der Waals surface area contributed by atoms with Crippen LogP contribution in [0.1, 0.15) is 42.6 Å². The van der Waals surface area contributed by atoms with Gasteiger partial charge >= 0.3 is 0 Å². The number of carbonyl (C=O) groups excluding carboxylic acids is 1. The Morgan fingerprint density at radius 3 is 2.91 bits per heavy atom. The summed E-state index contributed by atoms with van der Waals surface area (Å²) in [5.41, 5.74) is 0.845. The number of nitrogens with zero attached hydrogens (tertiary/aromatic N) is 2. The van der Waals surface area contributed by atoms with Crippen molar-refractivity contribution >= 4 is 27.5 Å². The molecule has 2 fully saturated rings. The summed E-state index contributed by atoms with van der Waals surface area (Å²) in [5.74, 6) is 0.191. The van der Waals surface area contributed by atoms with Crippen LogP contribution >= 0.6 is 11.3 Å². The third-order valence-electron chi connectivity index (χ3n) is 4.77. The zero-order valence-corrected chi connectivity index (χ0v) is 13.6. The number of aromatic nitrogens is 1. The first-order valence-electron chi connectivity index (χ1n) is 8.30. The van der Waals surface area contributed by atoms with Crippen molar-refractivity contribution in [3.8, 4) is 0 Å². The predicted molar refractivity (Wildman–Crippen MR) is 88.5 cm³/mol. The SMILES string of the molecule is O=C(c1cc2ccsc2n1C[C@@H]1CCCCO1)N1CCCC1. The number of amides is 1. The van der Waals surface area contributed by atoms with Crippen molar-refractivity contribution in [2.24, 2.45) is 0 Å². The Morgan fingerprint density at radius 2 is 2.14 bits per heavy atom. The number of fused-ring (bicyclic) bond motifs is 1. The molecule has 4 nitrogen and oxygen atoms in total. The summed E-state index contributed by atoms with van der Waals surface area (Å²) in [6.45, 7) is 3.46. The number of hydrogen-bond donors (Lipinski definition) is 0. The maximum Gasteiger partial charge on any atom is 0.270 e. The Bertz CT molecular complexity index is 663. The predicted octanol–water partition coefficient (Wildman–Crippen LogP) is 3.51. The largest absolute Gasteiger partial charge is 0.376 e. The van der Waals surface area contributed by atoms with Crippen LogP contribution in [0.2, 0.25) is 0 Å². The minimum absolute atomic E-state index is 0.191. The molecule has 5 heteroatoms. The lowest BCUT2D eigenvalue weighted by molar-refractivity contribution is 0.00631. The molecule has 0 radical (unpaired) electrons. The van der Waals surface area contributed by atoms with Crippen LogP contribution in [0.25, 0.3) is 10.2 Å². The second kappa shape index (κ2) is 6.05. The van der Waals surface area contributed by atoms with E-state index in [-0.39, 0.29) is 12.0 Å². The molecule has 0 aliphatic carbocycles. The summed E-state index contributed by atoms with van der Waals surface area (Å²) in [6, 6.07) is 4.17. The lowest BCUT2D eigenvalue weighted by Crippen LogP contribution is -2.31. The van der Waals surface area contributed by atoms with E-state index in [4.69, 9.17) is 4.74 Å². The van der Waals surface area contributed by atoms with Gasteiger partial charge in [0.25, 0.3) is 5.91 Å². The van der Waals surface area contributed by atoms with Gasteiger partial charge in [-0.15, -0.1) is 11.3 Å². The van der Waals surface area contributed by atoms with E-state index in [1.807, 2.05) is 4.90 Å². The molecule has 0 aromatic carbocycles. The molecule has 2 aromatic heterocycles. The fraction of sp³-hybridized carbons (Fsp3) is 0.588. The molecule has 0 bridgehead atoms. The van der Waals surface area contributed by atoms with Crippen LogP contribution in [-0.2, 0) is 11.3 Å². The summed E-state index contributed by atoms with van der Waals surface area (Å²) in [7, 11) is 0. The molecule has 22 heavy (non-hydrogen) atoms. The zero-order chi connectivity index (χ0) is 14.9. The fourth-order valence-corrected chi connectivity index (χ4v) is 4.48. The zero-order valence-electron chi connectivity index (χ0n) is 12.8. The number of likely N-dealkylation sites (tertiary alicyclic amines) is 1. The van der Waals surface area contributed by atoms with Gasteiger partial charge in [0.15, 0.2) is 0 Å². The van der Waals surface area contributed by atoms with Crippen LogP contribution < -0.4 is 0 Å². The van der Waals surface area contributed by atoms with Crippen molar-refractivity contribution in [1.29, 1.82) is 0 Å². The number of hydrogen-bond acceptors (Lipinski definition) is 3. The van der Waals surface area contributed by atoms with Crippen molar-refractivity contribution in [3.05, 3.63) is 23.2 Å². The van der Waals surface area contributed by atoms with Crippen LogP contribution in [0.3, 0.4) is 0 Å². The number of thiophene rings is 1. The third-order valence-corrected chi connectivity index (χ3v) is 5.73. The van der Waals surface area contributed by atoms with Gasteiger partial charge in [-0.2, -0.15) is 0 Å². The minimum Gasteiger partial charge on any atom is -0.376 e. The molecule has 0 N–H and O–H groups in total. The van der Waals surface area contributed by atoms with Crippen LogP contribution in [0.15, 0.2) is 17.5 Å². The van der Waals surface area contributed by atoms with Crippen molar-refractivity contribution in [2.45, 2.75) is 44.8 Å². The normalized spacial score (nSPS) is 22.5. The van der Waals surface area contributed by atoms with Crippen LogP contribution in [-0.4, -0.2) is 41.2 Å². The first-order chi connectivity index (χ1) is 10.8. The van der Waals surface area contributed by atoms with Crippen LogP contribution in [0, 0.1) is 0 Å². The maximum absolute atomic E-state index is 12.8. The Morgan fingerprint density at radius 1 is 1.27 bits per heavy atom. The number of ether oxygens (including phenoxy) is 1. The fourth-order valence-electron chi connectivity index (χ4n) is 3.57. The van der Waals surface area contributed by atoms with E-state index in [0.29, 0.717) is 0 Å². The molecule has 2 saturated heterocycles. The van der Waals surface area contributed by atoms with Crippen LogP contribution in [0.5, 0.6) is 0 Å². The third kappa shape index (κ3) is 2.57. The highest BCUT2D eigenvalue weighted by atomic mass is 32.1. The molecule has 4 heterocycles. The van der Waals surface area contributed by atoms with Crippen molar-refractivity contribution in [1.82, 2.24) is 9.47 Å². The number of rotatable bonds is 3. The summed E-state index contributed by atoms with van der Waals surface area (Å²) in [6.07, 6.45) is 6.00. The smallest absolute Gasteiger partial charge is 0.270 e. The van der Waals surface area contributed by atoms with E-state index in [2.05, 4.69) is 22.1 Å². The first-order valence-corrected chi connectivity index (χ1v) is 9.18. The summed E-state index contributed by atoms with van der Waals surface area (Å²) < 4.78 is 8.10. The Kier molecular flexibility index (Phi) is 3.92. The van der Waals surface area contributed by atoms with E-state index < -0.39 is 0 Å².